The van der Waals surface area contributed by atoms with Gasteiger partial charge in [0.15, 0.2) is 13.2 Å². The highest BCUT2D eigenvalue weighted by molar-refractivity contribution is 6.34. The van der Waals surface area contributed by atoms with Crippen LogP contribution in [0, 0.1) is 13.8 Å². The van der Waals surface area contributed by atoms with Crippen molar-refractivity contribution in [1.29, 1.82) is 0 Å². The van der Waals surface area contributed by atoms with E-state index in [0.717, 1.165) is 11.1 Å². The minimum Gasteiger partial charge on any atom is -0.484 e. The van der Waals surface area contributed by atoms with Crippen molar-refractivity contribution >= 4 is 35.0 Å². The van der Waals surface area contributed by atoms with Gasteiger partial charge in [0, 0.05) is 11.1 Å². The molecule has 0 fully saturated rings. The summed E-state index contributed by atoms with van der Waals surface area (Å²) in [5.41, 5.74) is 6.66. The van der Waals surface area contributed by atoms with Crippen LogP contribution in [-0.4, -0.2) is 25.0 Å². The molecule has 0 aromatic heterocycles. The van der Waals surface area contributed by atoms with Gasteiger partial charge in [0.25, 0.3) is 11.8 Å². The van der Waals surface area contributed by atoms with Crippen LogP contribution in [0.2, 0.25) is 10.0 Å². The topological polar surface area (TPSA) is 76.7 Å². The second-order valence-corrected chi connectivity index (χ2v) is 6.34. The maximum Gasteiger partial charge on any atom is 0.276 e. The molecule has 8 heteroatoms. The minimum atomic E-state index is -0.555. The molecule has 0 saturated carbocycles. The number of hydrazine groups is 1. The molecule has 2 aromatic rings. The van der Waals surface area contributed by atoms with E-state index < -0.39 is 11.8 Å². The number of benzene rings is 2. The lowest BCUT2D eigenvalue weighted by molar-refractivity contribution is -0.131. The van der Waals surface area contributed by atoms with E-state index in [1.807, 2.05) is 26.0 Å². The largest absolute Gasteiger partial charge is 0.484 e. The van der Waals surface area contributed by atoms with Gasteiger partial charge in [-0.1, -0.05) is 29.3 Å². The van der Waals surface area contributed by atoms with Crippen molar-refractivity contribution in [3.05, 3.63) is 57.6 Å². The summed E-state index contributed by atoms with van der Waals surface area (Å²) in [6.07, 6.45) is 0. The molecule has 0 radical (unpaired) electrons. The number of halogens is 2. The first-order chi connectivity index (χ1) is 12.3. The fourth-order valence-electron chi connectivity index (χ4n) is 1.90. The molecule has 2 N–H and O–H groups in total. The molecule has 0 atom stereocenters. The summed E-state index contributed by atoms with van der Waals surface area (Å²) in [5.74, 6) is -0.204. The van der Waals surface area contributed by atoms with Crippen LogP contribution in [0.1, 0.15) is 11.1 Å². The molecule has 0 aliphatic heterocycles. The quantitative estimate of drug-likeness (QED) is 0.734. The van der Waals surface area contributed by atoms with E-state index in [1.165, 1.54) is 6.07 Å². The van der Waals surface area contributed by atoms with E-state index in [-0.39, 0.29) is 19.0 Å². The van der Waals surface area contributed by atoms with E-state index in [4.69, 9.17) is 32.7 Å². The van der Waals surface area contributed by atoms with Crippen molar-refractivity contribution in [2.75, 3.05) is 13.2 Å². The van der Waals surface area contributed by atoms with Crippen LogP contribution in [0.4, 0.5) is 0 Å². The van der Waals surface area contributed by atoms with E-state index in [9.17, 15) is 9.59 Å². The summed E-state index contributed by atoms with van der Waals surface area (Å²) in [4.78, 5) is 23.4. The zero-order valence-electron chi connectivity index (χ0n) is 14.3. The number of nitrogens with one attached hydrogen (secondary N) is 2. The van der Waals surface area contributed by atoms with Crippen LogP contribution in [0.5, 0.6) is 11.5 Å². The third-order valence-electron chi connectivity index (χ3n) is 3.44. The Hall–Kier alpha value is -2.44. The number of rotatable bonds is 6. The first kappa shape index (κ1) is 19.9. The smallest absolute Gasteiger partial charge is 0.276 e. The Morgan fingerprint density at radius 3 is 2.19 bits per heavy atom. The summed E-state index contributed by atoms with van der Waals surface area (Å²) in [6, 6.07) is 10.2. The number of carbonyl (C=O) groups excluding carboxylic acids is 2. The summed E-state index contributed by atoms with van der Waals surface area (Å²) >= 11 is 11.8. The molecule has 0 heterocycles. The molecule has 138 valence electrons. The lowest BCUT2D eigenvalue weighted by Crippen LogP contribution is -2.45. The van der Waals surface area contributed by atoms with Crippen LogP contribution in [0.25, 0.3) is 0 Å². The second-order valence-electron chi connectivity index (χ2n) is 5.49. The Balaban J connectivity index is 1.72. The average Bonchev–Trinajstić information content (AvgIpc) is 2.61. The number of ether oxygens (including phenoxy) is 2. The summed E-state index contributed by atoms with van der Waals surface area (Å²) < 4.78 is 10.6. The first-order valence-corrected chi connectivity index (χ1v) is 8.46. The van der Waals surface area contributed by atoms with Crippen molar-refractivity contribution in [2.45, 2.75) is 13.8 Å². The van der Waals surface area contributed by atoms with E-state index in [0.29, 0.717) is 15.8 Å². The van der Waals surface area contributed by atoms with E-state index in [1.54, 1.807) is 18.2 Å². The zero-order valence-corrected chi connectivity index (χ0v) is 15.8. The Morgan fingerprint density at radius 1 is 0.885 bits per heavy atom. The fourth-order valence-corrected chi connectivity index (χ4v) is 2.23. The maximum atomic E-state index is 11.7. The SMILES string of the molecule is Cc1ccc(OCC(=O)NNC(=O)COc2cc(Cl)ccc2Cl)cc1C. The first-order valence-electron chi connectivity index (χ1n) is 7.70. The van der Waals surface area contributed by atoms with Gasteiger partial charge < -0.3 is 9.47 Å². The van der Waals surface area contributed by atoms with Gasteiger partial charge in [-0.15, -0.1) is 0 Å². The van der Waals surface area contributed by atoms with Gasteiger partial charge in [-0.2, -0.15) is 0 Å². The summed E-state index contributed by atoms with van der Waals surface area (Å²) in [5, 5.41) is 0.759. The van der Waals surface area contributed by atoms with Crippen molar-refractivity contribution in [2.24, 2.45) is 0 Å². The van der Waals surface area contributed by atoms with Crippen molar-refractivity contribution in [3.63, 3.8) is 0 Å². The molecule has 2 aromatic carbocycles. The van der Waals surface area contributed by atoms with Crippen LogP contribution in [0.15, 0.2) is 36.4 Å². The van der Waals surface area contributed by atoms with Crippen molar-refractivity contribution in [3.8, 4) is 11.5 Å². The number of aryl methyl sites for hydroxylation is 2. The van der Waals surface area contributed by atoms with Crippen LogP contribution in [0.3, 0.4) is 0 Å². The highest BCUT2D eigenvalue weighted by Crippen LogP contribution is 2.27. The molecular formula is C18H18Cl2N2O4. The molecule has 0 bridgehead atoms. The lowest BCUT2D eigenvalue weighted by Gasteiger charge is -2.11. The molecule has 0 aliphatic rings. The van der Waals surface area contributed by atoms with Gasteiger partial charge >= 0.3 is 0 Å². The molecule has 6 nitrogen and oxygen atoms in total. The molecule has 26 heavy (non-hydrogen) atoms. The minimum absolute atomic E-state index is 0.232. The molecular weight excluding hydrogens is 379 g/mol. The number of hydrogen-bond acceptors (Lipinski definition) is 4. The van der Waals surface area contributed by atoms with Crippen LogP contribution < -0.4 is 20.3 Å². The van der Waals surface area contributed by atoms with Crippen molar-refractivity contribution < 1.29 is 19.1 Å². The maximum absolute atomic E-state index is 11.7. The highest BCUT2D eigenvalue weighted by Gasteiger charge is 2.09. The average molecular weight is 397 g/mol. The Morgan fingerprint density at radius 2 is 1.54 bits per heavy atom. The summed E-state index contributed by atoms with van der Waals surface area (Å²) in [6.45, 7) is 3.37. The third-order valence-corrected chi connectivity index (χ3v) is 3.99. The fraction of sp³-hybridized carbons (Fsp3) is 0.222. The monoisotopic (exact) mass is 396 g/mol. The predicted molar refractivity (Wildman–Crippen MR) is 99.7 cm³/mol. The highest BCUT2D eigenvalue weighted by atomic mass is 35.5. The van der Waals surface area contributed by atoms with Crippen LogP contribution >= 0.6 is 23.2 Å². The van der Waals surface area contributed by atoms with Gasteiger partial charge in [-0.3, -0.25) is 20.4 Å². The molecule has 0 unspecified atom stereocenters. The molecule has 0 spiro atoms. The van der Waals surface area contributed by atoms with E-state index in [2.05, 4.69) is 10.9 Å². The van der Waals surface area contributed by atoms with Gasteiger partial charge in [-0.05, 0) is 49.2 Å². The predicted octanol–water partition coefficient (Wildman–Crippen LogP) is 3.22. The Kier molecular flexibility index (Phi) is 7.12. The number of amides is 2. The Bertz CT molecular complexity index is 812. The van der Waals surface area contributed by atoms with Gasteiger partial charge in [0.05, 0.1) is 5.02 Å². The van der Waals surface area contributed by atoms with Gasteiger partial charge in [-0.25, -0.2) is 0 Å². The van der Waals surface area contributed by atoms with E-state index >= 15 is 0 Å². The molecule has 2 rings (SSSR count). The number of carbonyl (C=O) groups is 2. The van der Waals surface area contributed by atoms with Gasteiger partial charge in [0.2, 0.25) is 0 Å². The Labute approximate surface area is 161 Å². The molecule has 0 saturated heterocycles. The number of hydrogen-bond donors (Lipinski definition) is 2. The zero-order chi connectivity index (χ0) is 19.1. The van der Waals surface area contributed by atoms with Crippen LogP contribution in [-0.2, 0) is 9.59 Å². The standard InChI is InChI=1S/C18H18Cl2N2O4/c1-11-3-5-14(7-12(11)2)25-9-17(23)21-22-18(24)10-26-16-8-13(19)4-6-15(16)20/h3-8H,9-10H2,1-2H3,(H,21,23)(H,22,24). The molecule has 2 amide bonds. The summed E-state index contributed by atoms with van der Waals surface area (Å²) in [7, 11) is 0. The lowest BCUT2D eigenvalue weighted by atomic mass is 10.1. The van der Waals surface area contributed by atoms with Crippen molar-refractivity contribution in [1.82, 2.24) is 10.9 Å². The second kappa shape index (κ2) is 9.31. The molecule has 0 aliphatic carbocycles. The van der Waals surface area contributed by atoms with Gasteiger partial charge in [0.1, 0.15) is 11.5 Å². The third kappa shape index (κ3) is 6.13. The normalized spacial score (nSPS) is 10.2.